The van der Waals surface area contributed by atoms with Gasteiger partial charge < -0.3 is 35.2 Å². The number of ether oxygens (including phenoxy) is 2. The molecule has 294 valence electrons. The Balaban J connectivity index is 1.31. The van der Waals surface area contributed by atoms with Crippen LogP contribution in [0.4, 0.5) is 5.69 Å². The molecule has 12 heteroatoms. The monoisotopic (exact) mass is 788 g/mol. The van der Waals surface area contributed by atoms with E-state index in [9.17, 15) is 30.0 Å². The fraction of sp³-hybridized carbons (Fsp3) is 0.442. The van der Waals surface area contributed by atoms with Crippen LogP contribution in [0, 0.1) is 0 Å². The molecule has 1 heterocycles. The molecule has 55 heavy (non-hydrogen) atoms. The van der Waals surface area contributed by atoms with Crippen LogP contribution in [0.3, 0.4) is 0 Å². The third kappa shape index (κ3) is 10.5. The summed E-state index contributed by atoms with van der Waals surface area (Å²) in [5.41, 5.74) is 5.52. The lowest BCUT2D eigenvalue weighted by atomic mass is 9.89. The Morgan fingerprint density at radius 2 is 1.76 bits per heavy atom. The molecule has 2 aliphatic rings. The molecule has 1 fully saturated rings. The molecule has 4 aromatic rings. The second-order valence-electron chi connectivity index (χ2n) is 14.6. The highest BCUT2D eigenvalue weighted by Crippen LogP contribution is 2.46. The third-order valence-electron chi connectivity index (χ3n) is 10.5. The maximum atomic E-state index is 13.9. The van der Waals surface area contributed by atoms with E-state index in [1.54, 1.807) is 39.8 Å². The number of carbonyl (C=O) groups is 2. The van der Waals surface area contributed by atoms with Crippen molar-refractivity contribution in [2.75, 3.05) is 24.7 Å². The number of hydrogen-bond acceptors (Lipinski definition) is 12. The number of Topliss-reactive ketones (excluding diaryl/α,β-unsaturated/α-hetero) is 2. The predicted molar refractivity (Wildman–Crippen MR) is 221 cm³/mol. The van der Waals surface area contributed by atoms with E-state index in [4.69, 9.17) is 9.47 Å². The zero-order valence-corrected chi connectivity index (χ0v) is 33.1. The molecule has 10 nitrogen and oxygen atoms in total. The average molecular weight is 789 g/mol. The van der Waals surface area contributed by atoms with Crippen LogP contribution >= 0.6 is 21.6 Å². The van der Waals surface area contributed by atoms with Gasteiger partial charge in [0.15, 0.2) is 11.5 Å². The molecule has 6 N–H and O–H groups in total. The molecule has 0 saturated heterocycles. The topological polar surface area (TPSA) is 158 Å². The molecule has 3 atom stereocenters. The summed E-state index contributed by atoms with van der Waals surface area (Å²) >= 11 is 0. The van der Waals surface area contributed by atoms with Gasteiger partial charge in [-0.3, -0.25) is 14.9 Å². The van der Waals surface area contributed by atoms with E-state index in [0.717, 1.165) is 58.7 Å². The Morgan fingerprint density at radius 3 is 2.53 bits per heavy atom. The Hall–Kier alpha value is -3.78. The molecule has 1 saturated carbocycles. The molecule has 0 amide bonds. The number of rotatable bonds is 10. The van der Waals surface area contributed by atoms with E-state index >= 15 is 0 Å². The first-order chi connectivity index (χ1) is 26.6. The van der Waals surface area contributed by atoms with E-state index < -0.39 is 18.4 Å². The van der Waals surface area contributed by atoms with Gasteiger partial charge in [-0.2, -0.15) is 0 Å². The summed E-state index contributed by atoms with van der Waals surface area (Å²) in [5.74, 6) is 1.50. The van der Waals surface area contributed by atoms with Crippen molar-refractivity contribution >= 4 is 49.6 Å². The number of aryl methyl sites for hydroxylation is 1. The highest BCUT2D eigenvalue weighted by Gasteiger charge is 2.28. The summed E-state index contributed by atoms with van der Waals surface area (Å²) < 4.78 is 12.6. The maximum Gasteiger partial charge on any atom is 0.168 e. The van der Waals surface area contributed by atoms with Crippen LogP contribution in [-0.2, 0) is 33.1 Å². The molecule has 1 aliphatic heterocycles. The SMILES string of the molecule is COc1c(O)ccc2c1-c1ccc3ccc(O)cc3c1CSSC[C@@H](O)CC[C@@H](O[C@H](NC1CCCC1)c1ccc(NCC(C)=O)c(CO)c1)CC(=O)CC2. The molecule has 0 spiro atoms. The normalized spacial score (nSPS) is 19.5. The van der Waals surface area contributed by atoms with Gasteiger partial charge >= 0.3 is 0 Å². The van der Waals surface area contributed by atoms with Gasteiger partial charge in [-0.25, -0.2) is 0 Å². The zero-order valence-electron chi connectivity index (χ0n) is 31.5. The lowest BCUT2D eigenvalue weighted by molar-refractivity contribution is -0.124. The quantitative estimate of drug-likeness (QED) is 0.0682. The van der Waals surface area contributed by atoms with Crippen LogP contribution in [0.2, 0.25) is 0 Å². The minimum absolute atomic E-state index is 0.00428. The maximum absolute atomic E-state index is 13.9. The number of phenolic OH excluding ortho intramolecular Hbond substituents is 2. The molecule has 0 radical (unpaired) electrons. The number of fused-ring (bicyclic) bond motifs is 5. The average Bonchev–Trinajstić information content (AvgIpc) is 3.69. The molecule has 0 aromatic heterocycles. The van der Waals surface area contributed by atoms with Gasteiger partial charge in [0, 0.05) is 47.2 Å². The van der Waals surface area contributed by atoms with Crippen LogP contribution in [-0.4, -0.2) is 69.6 Å². The molecule has 1 aliphatic carbocycles. The summed E-state index contributed by atoms with van der Waals surface area (Å²) in [5, 5.41) is 51.5. The van der Waals surface area contributed by atoms with Crippen LogP contribution in [0.5, 0.6) is 17.2 Å². The van der Waals surface area contributed by atoms with Crippen molar-refractivity contribution in [2.24, 2.45) is 0 Å². The lowest BCUT2D eigenvalue weighted by Crippen LogP contribution is -2.35. The van der Waals surface area contributed by atoms with E-state index in [0.29, 0.717) is 53.3 Å². The minimum Gasteiger partial charge on any atom is -0.508 e. The third-order valence-corrected chi connectivity index (χ3v) is 12.9. The van der Waals surface area contributed by atoms with E-state index in [1.807, 2.05) is 42.5 Å². The fourth-order valence-electron chi connectivity index (χ4n) is 7.63. The smallest absolute Gasteiger partial charge is 0.168 e. The molecule has 0 unspecified atom stereocenters. The Kier molecular flexibility index (Phi) is 14.4. The number of anilines is 1. The van der Waals surface area contributed by atoms with Gasteiger partial charge in [0.1, 0.15) is 23.5 Å². The van der Waals surface area contributed by atoms with Crippen LogP contribution in [0.1, 0.15) is 86.8 Å². The van der Waals surface area contributed by atoms with Crippen LogP contribution < -0.4 is 15.4 Å². The first kappa shape index (κ1) is 40.9. The largest absolute Gasteiger partial charge is 0.508 e. The standard InChI is InChI=1S/C43H52N2O8S2/c1-26(47)22-44-39-17-10-29(19-30(39)23-46)43(45-31-5-3-4-6-31)53-35-15-14-34(50)24-54-55-25-38-36(16-9-27-7-12-33(49)21-37(27)38)41-28(8-13-32(48)20-35)11-18-40(51)42(41)52-2/h7,9-12,16-19,21,31,34-35,43-46,49-51H,3-6,8,13-15,20,22-25H2,1-2H3/t34-,35+,43-/m0/s1. The van der Waals surface area contributed by atoms with Crippen molar-refractivity contribution in [3.63, 3.8) is 0 Å². The van der Waals surface area contributed by atoms with Gasteiger partial charge in [-0.05, 0) is 102 Å². The number of benzene rings is 4. The highest BCUT2D eigenvalue weighted by atomic mass is 33.1. The number of phenols is 2. The lowest BCUT2D eigenvalue weighted by Gasteiger charge is -2.29. The van der Waals surface area contributed by atoms with Crippen LogP contribution in [0.15, 0.2) is 60.7 Å². The van der Waals surface area contributed by atoms with Crippen LogP contribution in [0.25, 0.3) is 21.9 Å². The number of hydrogen-bond donors (Lipinski definition) is 6. The second-order valence-corrected chi connectivity index (χ2v) is 17.1. The summed E-state index contributed by atoms with van der Waals surface area (Å²) in [6.07, 6.45) is 4.29. The van der Waals surface area contributed by atoms with Crippen molar-refractivity contribution in [2.45, 2.75) is 102 Å². The Labute approximate surface area is 330 Å². The van der Waals surface area contributed by atoms with E-state index in [2.05, 4.69) is 10.6 Å². The molecule has 0 bridgehead atoms. The predicted octanol–water partition coefficient (Wildman–Crippen LogP) is 7.96. The summed E-state index contributed by atoms with van der Waals surface area (Å²) in [6.45, 7) is 1.44. The first-order valence-electron chi connectivity index (χ1n) is 19.1. The highest BCUT2D eigenvalue weighted by molar-refractivity contribution is 8.76. The van der Waals surface area contributed by atoms with Gasteiger partial charge in [-0.15, -0.1) is 0 Å². The van der Waals surface area contributed by atoms with Crippen molar-refractivity contribution in [1.82, 2.24) is 5.32 Å². The number of nitrogens with one attached hydrogen (secondary N) is 2. The van der Waals surface area contributed by atoms with Crippen molar-refractivity contribution < 1.29 is 39.5 Å². The number of ketones is 2. The van der Waals surface area contributed by atoms with Gasteiger partial charge in [0.2, 0.25) is 0 Å². The molecular weight excluding hydrogens is 737 g/mol. The van der Waals surface area contributed by atoms with Gasteiger partial charge in [-0.1, -0.05) is 64.8 Å². The summed E-state index contributed by atoms with van der Waals surface area (Å²) in [6, 6.07) is 18.7. The van der Waals surface area contributed by atoms with Crippen molar-refractivity contribution in [3.05, 3.63) is 82.9 Å². The fourth-order valence-corrected chi connectivity index (χ4v) is 9.93. The molecule has 6 rings (SSSR count). The molecule has 4 aromatic carbocycles. The summed E-state index contributed by atoms with van der Waals surface area (Å²) in [7, 11) is 4.71. The van der Waals surface area contributed by atoms with E-state index in [1.165, 1.54) is 14.0 Å². The summed E-state index contributed by atoms with van der Waals surface area (Å²) in [4.78, 5) is 25.6. The van der Waals surface area contributed by atoms with Gasteiger partial charge in [0.25, 0.3) is 0 Å². The zero-order chi connectivity index (χ0) is 38.9. The Morgan fingerprint density at radius 1 is 0.964 bits per heavy atom. The minimum atomic E-state index is -0.630. The first-order valence-corrected chi connectivity index (χ1v) is 21.6. The van der Waals surface area contributed by atoms with Gasteiger partial charge in [0.05, 0.1) is 32.5 Å². The number of aliphatic hydroxyl groups is 2. The van der Waals surface area contributed by atoms with Crippen molar-refractivity contribution in [1.29, 1.82) is 0 Å². The van der Waals surface area contributed by atoms with Crippen molar-refractivity contribution in [3.8, 4) is 28.4 Å². The second kappa shape index (κ2) is 19.4. The number of aliphatic hydroxyl groups excluding tert-OH is 2. The number of aromatic hydroxyl groups is 2. The van der Waals surface area contributed by atoms with E-state index in [-0.39, 0.29) is 55.1 Å². The number of carbonyl (C=O) groups excluding carboxylic acids is 2. The molecular formula is C43H52N2O8S2. The number of methoxy groups -OCH3 is 1. The Bertz CT molecular complexity index is 1970.